The van der Waals surface area contributed by atoms with Gasteiger partial charge in [0.25, 0.3) is 0 Å². The molecule has 3 heteroatoms. The summed E-state index contributed by atoms with van der Waals surface area (Å²) in [6, 6.07) is 2.15. The zero-order chi connectivity index (χ0) is 15.7. The predicted octanol–water partition coefficient (Wildman–Crippen LogP) is 4.09. The van der Waals surface area contributed by atoms with E-state index in [2.05, 4.69) is 55.9 Å². The van der Waals surface area contributed by atoms with E-state index in [4.69, 9.17) is 0 Å². The molecule has 1 rings (SSSR count). The lowest BCUT2D eigenvalue weighted by atomic mass is 10.0. The summed E-state index contributed by atoms with van der Waals surface area (Å²) in [7, 11) is 0. The molecule has 0 spiro atoms. The molecule has 0 aliphatic rings. The summed E-state index contributed by atoms with van der Waals surface area (Å²) >= 11 is 0. The summed E-state index contributed by atoms with van der Waals surface area (Å²) in [6.07, 6.45) is 6.42. The largest absolute Gasteiger partial charge is 0.370 e. The smallest absolute Gasteiger partial charge is 0.0598 e. The second-order valence-electron chi connectivity index (χ2n) is 6.25. The van der Waals surface area contributed by atoms with Crippen LogP contribution >= 0.6 is 0 Å². The average molecular weight is 291 g/mol. The van der Waals surface area contributed by atoms with Crippen LogP contribution in [0, 0.1) is 11.8 Å². The van der Waals surface area contributed by atoms with E-state index in [1.54, 1.807) is 0 Å². The van der Waals surface area contributed by atoms with E-state index in [-0.39, 0.29) is 0 Å². The standard InChI is InChI=1S/C18H33N3/c1-6-16(7-2)14-21(8-3)18-13-19-10-9-17(18)12-20-11-15(4)5/h9-10,13,15-16,20H,6-8,11-12,14H2,1-5H3. The highest BCUT2D eigenvalue weighted by atomic mass is 15.1. The van der Waals surface area contributed by atoms with Crippen LogP contribution in [0.3, 0.4) is 0 Å². The summed E-state index contributed by atoms with van der Waals surface area (Å²) in [6.45, 7) is 15.5. The first-order valence-corrected chi connectivity index (χ1v) is 8.50. The molecule has 0 aliphatic carbocycles. The highest BCUT2D eigenvalue weighted by molar-refractivity contribution is 5.51. The molecule has 0 bridgehead atoms. The predicted molar refractivity (Wildman–Crippen MR) is 92.7 cm³/mol. The van der Waals surface area contributed by atoms with Crippen LogP contribution in [0.15, 0.2) is 18.5 Å². The number of anilines is 1. The summed E-state index contributed by atoms with van der Waals surface area (Å²) < 4.78 is 0. The van der Waals surface area contributed by atoms with E-state index in [0.717, 1.165) is 32.1 Å². The third-order valence-electron chi connectivity index (χ3n) is 4.11. The molecule has 1 aromatic heterocycles. The zero-order valence-corrected chi connectivity index (χ0v) is 14.5. The van der Waals surface area contributed by atoms with Gasteiger partial charge in [-0.3, -0.25) is 4.98 Å². The Morgan fingerprint density at radius 2 is 1.90 bits per heavy atom. The molecule has 0 atom stereocenters. The number of pyridine rings is 1. The minimum Gasteiger partial charge on any atom is -0.370 e. The number of nitrogens with zero attached hydrogens (tertiary/aromatic N) is 2. The van der Waals surface area contributed by atoms with Gasteiger partial charge in [0.1, 0.15) is 0 Å². The Morgan fingerprint density at radius 1 is 1.19 bits per heavy atom. The van der Waals surface area contributed by atoms with Crippen LogP contribution in [0.25, 0.3) is 0 Å². The van der Waals surface area contributed by atoms with Gasteiger partial charge in [-0.1, -0.05) is 40.5 Å². The summed E-state index contributed by atoms with van der Waals surface area (Å²) in [5, 5.41) is 3.55. The van der Waals surface area contributed by atoms with Gasteiger partial charge in [0.05, 0.1) is 11.9 Å². The Bertz CT molecular complexity index is 386. The Morgan fingerprint density at radius 3 is 2.48 bits per heavy atom. The van der Waals surface area contributed by atoms with Crippen molar-refractivity contribution < 1.29 is 0 Å². The monoisotopic (exact) mass is 291 g/mol. The summed E-state index contributed by atoms with van der Waals surface area (Å²) in [4.78, 5) is 6.83. The van der Waals surface area contributed by atoms with Crippen LogP contribution in [0.5, 0.6) is 0 Å². The van der Waals surface area contributed by atoms with E-state index in [9.17, 15) is 0 Å². The molecule has 3 nitrogen and oxygen atoms in total. The molecular formula is C18H33N3. The van der Waals surface area contributed by atoms with Gasteiger partial charge in [0, 0.05) is 25.8 Å². The lowest BCUT2D eigenvalue weighted by Crippen LogP contribution is -2.31. The van der Waals surface area contributed by atoms with Gasteiger partial charge < -0.3 is 10.2 Å². The van der Waals surface area contributed by atoms with Crippen molar-refractivity contribution in [3.8, 4) is 0 Å². The van der Waals surface area contributed by atoms with Crippen molar-refractivity contribution in [1.29, 1.82) is 0 Å². The minimum atomic E-state index is 0.683. The third-order valence-corrected chi connectivity index (χ3v) is 4.11. The van der Waals surface area contributed by atoms with Crippen LogP contribution < -0.4 is 10.2 Å². The van der Waals surface area contributed by atoms with Crippen molar-refractivity contribution in [3.63, 3.8) is 0 Å². The highest BCUT2D eigenvalue weighted by Gasteiger charge is 2.14. The van der Waals surface area contributed by atoms with Crippen molar-refractivity contribution in [3.05, 3.63) is 24.0 Å². The van der Waals surface area contributed by atoms with Gasteiger partial charge >= 0.3 is 0 Å². The molecule has 0 aromatic carbocycles. The van der Waals surface area contributed by atoms with Crippen LogP contribution in [-0.4, -0.2) is 24.6 Å². The topological polar surface area (TPSA) is 28.2 Å². The maximum atomic E-state index is 4.35. The van der Waals surface area contributed by atoms with Gasteiger partial charge in [0.15, 0.2) is 0 Å². The van der Waals surface area contributed by atoms with Crippen molar-refractivity contribution in [2.45, 2.75) is 54.0 Å². The quantitative estimate of drug-likeness (QED) is 0.704. The Kier molecular flexibility index (Phi) is 8.36. The number of rotatable bonds is 10. The molecule has 1 heterocycles. The molecular weight excluding hydrogens is 258 g/mol. The van der Waals surface area contributed by atoms with E-state index < -0.39 is 0 Å². The molecule has 0 saturated carbocycles. The number of aromatic nitrogens is 1. The molecule has 0 unspecified atom stereocenters. The second kappa shape index (κ2) is 9.78. The van der Waals surface area contributed by atoms with E-state index in [0.29, 0.717) is 5.92 Å². The molecule has 0 aliphatic heterocycles. The lowest BCUT2D eigenvalue weighted by Gasteiger charge is -2.29. The first-order valence-electron chi connectivity index (χ1n) is 8.50. The summed E-state index contributed by atoms with van der Waals surface area (Å²) in [5.41, 5.74) is 2.65. The second-order valence-corrected chi connectivity index (χ2v) is 6.25. The molecule has 1 aromatic rings. The van der Waals surface area contributed by atoms with Gasteiger partial charge in [-0.25, -0.2) is 0 Å². The number of hydrogen-bond donors (Lipinski definition) is 1. The number of nitrogens with one attached hydrogen (secondary N) is 1. The minimum absolute atomic E-state index is 0.683. The lowest BCUT2D eigenvalue weighted by molar-refractivity contribution is 0.484. The Balaban J connectivity index is 2.78. The molecule has 0 saturated heterocycles. The Hall–Kier alpha value is -1.09. The third kappa shape index (κ3) is 6.04. The van der Waals surface area contributed by atoms with E-state index in [1.807, 2.05) is 12.4 Å². The van der Waals surface area contributed by atoms with Crippen LogP contribution in [0.4, 0.5) is 5.69 Å². The zero-order valence-electron chi connectivity index (χ0n) is 14.5. The normalized spacial score (nSPS) is 11.4. The SMILES string of the molecule is CCC(CC)CN(CC)c1cnccc1CNCC(C)C. The fourth-order valence-corrected chi connectivity index (χ4v) is 2.60. The maximum Gasteiger partial charge on any atom is 0.0598 e. The van der Waals surface area contributed by atoms with Crippen molar-refractivity contribution in [1.82, 2.24) is 10.3 Å². The van der Waals surface area contributed by atoms with Gasteiger partial charge in [-0.2, -0.15) is 0 Å². The molecule has 0 fully saturated rings. The van der Waals surface area contributed by atoms with E-state index >= 15 is 0 Å². The van der Waals surface area contributed by atoms with Gasteiger partial charge in [-0.05, 0) is 36.9 Å². The molecule has 120 valence electrons. The fraction of sp³-hybridized carbons (Fsp3) is 0.722. The summed E-state index contributed by atoms with van der Waals surface area (Å²) in [5.74, 6) is 1.45. The Labute approximate surface area is 131 Å². The van der Waals surface area contributed by atoms with Gasteiger partial charge in [0.2, 0.25) is 0 Å². The van der Waals surface area contributed by atoms with Gasteiger partial charge in [-0.15, -0.1) is 0 Å². The van der Waals surface area contributed by atoms with Crippen LogP contribution in [0.2, 0.25) is 0 Å². The van der Waals surface area contributed by atoms with Crippen LogP contribution in [0.1, 0.15) is 53.0 Å². The maximum absolute atomic E-state index is 4.35. The first-order chi connectivity index (χ1) is 10.1. The van der Waals surface area contributed by atoms with E-state index in [1.165, 1.54) is 24.1 Å². The average Bonchev–Trinajstić information content (AvgIpc) is 2.49. The molecule has 21 heavy (non-hydrogen) atoms. The number of hydrogen-bond acceptors (Lipinski definition) is 3. The molecule has 0 radical (unpaired) electrons. The highest BCUT2D eigenvalue weighted by Crippen LogP contribution is 2.22. The molecule has 1 N–H and O–H groups in total. The van der Waals surface area contributed by atoms with Crippen molar-refractivity contribution in [2.75, 3.05) is 24.5 Å². The van der Waals surface area contributed by atoms with Crippen molar-refractivity contribution >= 4 is 5.69 Å². The van der Waals surface area contributed by atoms with Crippen molar-refractivity contribution in [2.24, 2.45) is 11.8 Å². The fourth-order valence-electron chi connectivity index (χ4n) is 2.60. The van der Waals surface area contributed by atoms with Crippen LogP contribution in [-0.2, 0) is 6.54 Å². The first kappa shape index (κ1) is 18.0. The molecule has 0 amide bonds.